The zero-order valence-corrected chi connectivity index (χ0v) is 16.5. The van der Waals surface area contributed by atoms with Crippen LogP contribution < -0.4 is 16.6 Å². The highest BCUT2D eigenvalue weighted by Gasteiger charge is 2.25. The molecule has 1 aliphatic carbocycles. The lowest BCUT2D eigenvalue weighted by molar-refractivity contribution is 0.404. The van der Waals surface area contributed by atoms with E-state index in [9.17, 15) is 4.79 Å². The summed E-state index contributed by atoms with van der Waals surface area (Å²) < 4.78 is 0. The van der Waals surface area contributed by atoms with Gasteiger partial charge in [-0.25, -0.2) is 9.97 Å². The zero-order chi connectivity index (χ0) is 20.0. The third-order valence-corrected chi connectivity index (χ3v) is 5.85. The minimum absolute atomic E-state index is 0.0268. The van der Waals surface area contributed by atoms with Crippen molar-refractivity contribution in [3.8, 4) is 11.4 Å². The third-order valence-electron chi connectivity index (χ3n) is 5.64. The number of nitrogens with zero attached hydrogens (tertiary/aromatic N) is 2. The van der Waals surface area contributed by atoms with Crippen LogP contribution in [0.1, 0.15) is 25.7 Å². The molecule has 1 fully saturated rings. The van der Waals surface area contributed by atoms with Gasteiger partial charge >= 0.3 is 0 Å². The molecule has 0 spiro atoms. The molecule has 148 valence electrons. The van der Waals surface area contributed by atoms with Gasteiger partial charge < -0.3 is 21.0 Å². The lowest BCUT2D eigenvalue weighted by Gasteiger charge is -2.31. The van der Waals surface area contributed by atoms with Gasteiger partial charge in [0.1, 0.15) is 16.5 Å². The number of anilines is 1. The largest absolute Gasteiger partial charge is 0.379 e. The topological polar surface area (TPSA) is 112 Å². The standard InChI is InChI=1S/C21H21ClN6O/c22-17-9-11-16(10-24-17)28-21(29)18(19(11)25-13-6-2-1-5-12(13)23)20-26-14-7-3-4-8-15(14)27-20/h3-4,7-10,12-13H,1-2,5-6,23H2,(H,26,27)(H2,25,28,29)/t12-,13-/m1/s1. The molecule has 0 unspecified atom stereocenters. The van der Waals surface area contributed by atoms with Gasteiger partial charge in [-0.2, -0.15) is 0 Å². The average molecular weight is 409 g/mol. The smallest absolute Gasteiger partial charge is 0.261 e. The Hall–Kier alpha value is -2.90. The van der Waals surface area contributed by atoms with Crippen molar-refractivity contribution in [3.63, 3.8) is 0 Å². The summed E-state index contributed by atoms with van der Waals surface area (Å²) in [4.78, 5) is 28.0. The fourth-order valence-corrected chi connectivity index (χ4v) is 4.30. The van der Waals surface area contributed by atoms with E-state index in [0.717, 1.165) is 42.1 Å². The van der Waals surface area contributed by atoms with E-state index in [0.29, 0.717) is 27.7 Å². The summed E-state index contributed by atoms with van der Waals surface area (Å²) in [5.41, 5.74) is 9.57. The number of rotatable bonds is 3. The number of imidazole rings is 1. The molecule has 29 heavy (non-hydrogen) atoms. The molecule has 8 heteroatoms. The molecule has 1 saturated carbocycles. The van der Waals surface area contributed by atoms with Crippen LogP contribution in [-0.4, -0.2) is 32.0 Å². The van der Waals surface area contributed by atoms with E-state index in [1.165, 1.54) is 0 Å². The summed E-state index contributed by atoms with van der Waals surface area (Å²) in [7, 11) is 0. The van der Waals surface area contributed by atoms with Crippen molar-refractivity contribution in [1.82, 2.24) is 19.9 Å². The highest BCUT2D eigenvalue weighted by molar-refractivity contribution is 6.30. The fourth-order valence-electron chi connectivity index (χ4n) is 4.14. The van der Waals surface area contributed by atoms with E-state index in [1.807, 2.05) is 24.3 Å². The fraction of sp³-hybridized carbons (Fsp3) is 0.286. The van der Waals surface area contributed by atoms with Crippen molar-refractivity contribution in [2.45, 2.75) is 37.8 Å². The molecule has 2 atom stereocenters. The second kappa shape index (κ2) is 7.17. The van der Waals surface area contributed by atoms with Crippen molar-refractivity contribution in [1.29, 1.82) is 0 Å². The molecule has 0 saturated heterocycles. The van der Waals surface area contributed by atoms with Crippen LogP contribution in [0.5, 0.6) is 0 Å². The molecular formula is C21H21ClN6O. The second-order valence-corrected chi connectivity index (χ2v) is 7.95. The maximum atomic E-state index is 13.1. The summed E-state index contributed by atoms with van der Waals surface area (Å²) in [6.07, 6.45) is 5.72. The van der Waals surface area contributed by atoms with Crippen LogP contribution >= 0.6 is 11.6 Å². The Bertz CT molecular complexity index is 1230. The Balaban J connectivity index is 1.75. The highest BCUT2D eigenvalue weighted by Crippen LogP contribution is 2.33. The van der Waals surface area contributed by atoms with Crippen LogP contribution in [-0.2, 0) is 0 Å². The number of nitrogens with one attached hydrogen (secondary N) is 3. The van der Waals surface area contributed by atoms with Crippen molar-refractivity contribution in [3.05, 3.63) is 52.0 Å². The molecule has 0 radical (unpaired) electrons. The number of para-hydroxylation sites is 2. The maximum Gasteiger partial charge on any atom is 0.261 e. The summed E-state index contributed by atoms with van der Waals surface area (Å²) in [5.74, 6) is 0.508. The Morgan fingerprint density at radius 1 is 1.14 bits per heavy atom. The van der Waals surface area contributed by atoms with Crippen molar-refractivity contribution in [2.24, 2.45) is 5.73 Å². The Kier molecular flexibility index (Phi) is 4.49. The molecule has 5 N–H and O–H groups in total. The van der Waals surface area contributed by atoms with Gasteiger partial charge in [0.05, 0.1) is 28.4 Å². The highest BCUT2D eigenvalue weighted by atomic mass is 35.5. The van der Waals surface area contributed by atoms with Crippen LogP contribution in [0, 0.1) is 0 Å². The molecule has 5 rings (SSSR count). The van der Waals surface area contributed by atoms with Gasteiger partial charge in [-0.15, -0.1) is 0 Å². The number of halogens is 1. The predicted molar refractivity (Wildman–Crippen MR) is 116 cm³/mol. The van der Waals surface area contributed by atoms with Gasteiger partial charge in [0.2, 0.25) is 0 Å². The van der Waals surface area contributed by atoms with Crippen molar-refractivity contribution in [2.75, 3.05) is 5.32 Å². The molecule has 0 aliphatic heterocycles. The van der Waals surface area contributed by atoms with Gasteiger partial charge in [-0.05, 0) is 31.0 Å². The lowest BCUT2D eigenvalue weighted by atomic mass is 9.90. The molecular weight excluding hydrogens is 388 g/mol. The number of hydrogen-bond donors (Lipinski definition) is 4. The summed E-state index contributed by atoms with van der Waals surface area (Å²) >= 11 is 6.19. The van der Waals surface area contributed by atoms with E-state index in [4.69, 9.17) is 17.3 Å². The number of pyridine rings is 2. The van der Waals surface area contributed by atoms with Crippen LogP contribution in [0.3, 0.4) is 0 Å². The van der Waals surface area contributed by atoms with E-state index in [1.54, 1.807) is 12.3 Å². The number of hydrogen-bond acceptors (Lipinski definition) is 5. The van der Waals surface area contributed by atoms with Gasteiger partial charge in [0.15, 0.2) is 0 Å². The number of nitrogens with two attached hydrogens (primary N) is 1. The first-order chi connectivity index (χ1) is 14.1. The molecule has 7 nitrogen and oxygen atoms in total. The maximum absolute atomic E-state index is 13.1. The van der Waals surface area contributed by atoms with Crippen LogP contribution in [0.4, 0.5) is 5.69 Å². The Morgan fingerprint density at radius 2 is 1.97 bits per heavy atom. The Labute approximate surface area is 171 Å². The van der Waals surface area contributed by atoms with E-state index in [-0.39, 0.29) is 17.6 Å². The van der Waals surface area contributed by atoms with Gasteiger partial charge in [0.25, 0.3) is 5.56 Å². The van der Waals surface area contributed by atoms with Gasteiger partial charge in [-0.3, -0.25) is 4.79 Å². The van der Waals surface area contributed by atoms with E-state index < -0.39 is 0 Å². The summed E-state index contributed by atoms with van der Waals surface area (Å²) in [6, 6.07) is 9.56. The lowest BCUT2D eigenvalue weighted by Crippen LogP contribution is -2.43. The number of aromatic amines is 2. The third kappa shape index (κ3) is 3.26. The molecule has 0 bridgehead atoms. The minimum Gasteiger partial charge on any atom is -0.379 e. The van der Waals surface area contributed by atoms with Crippen molar-refractivity contribution < 1.29 is 0 Å². The summed E-state index contributed by atoms with van der Waals surface area (Å²) in [5, 5.41) is 4.71. The predicted octanol–water partition coefficient (Wildman–Crippen LogP) is 3.80. The normalized spacial score (nSPS) is 19.7. The average Bonchev–Trinajstić information content (AvgIpc) is 3.13. The summed E-state index contributed by atoms with van der Waals surface area (Å²) in [6.45, 7) is 0. The van der Waals surface area contributed by atoms with Gasteiger partial charge in [0, 0.05) is 17.5 Å². The minimum atomic E-state index is -0.243. The first kappa shape index (κ1) is 18.1. The van der Waals surface area contributed by atoms with Gasteiger partial charge in [-0.1, -0.05) is 36.6 Å². The van der Waals surface area contributed by atoms with Crippen molar-refractivity contribution >= 4 is 39.2 Å². The molecule has 3 heterocycles. The quantitative estimate of drug-likeness (QED) is 0.385. The Morgan fingerprint density at radius 3 is 2.79 bits per heavy atom. The zero-order valence-electron chi connectivity index (χ0n) is 15.7. The first-order valence-corrected chi connectivity index (χ1v) is 10.2. The molecule has 1 aliphatic rings. The monoisotopic (exact) mass is 408 g/mol. The van der Waals surface area contributed by atoms with Crippen LogP contribution in [0.25, 0.3) is 33.3 Å². The van der Waals surface area contributed by atoms with E-state index in [2.05, 4.69) is 25.3 Å². The van der Waals surface area contributed by atoms with Crippen LogP contribution in [0.15, 0.2) is 41.3 Å². The number of benzene rings is 1. The SMILES string of the molecule is N[C@@H]1CCCC[C@H]1Nc1c(-c2nc3ccccc3[nH]2)c(=O)[nH]c2cnc(Cl)cc12. The molecule has 3 aromatic heterocycles. The van der Waals surface area contributed by atoms with Crippen LogP contribution in [0.2, 0.25) is 5.15 Å². The molecule has 0 amide bonds. The first-order valence-electron chi connectivity index (χ1n) is 9.79. The number of fused-ring (bicyclic) bond motifs is 2. The second-order valence-electron chi connectivity index (χ2n) is 7.56. The number of aromatic nitrogens is 4. The van der Waals surface area contributed by atoms with E-state index >= 15 is 0 Å². The molecule has 1 aromatic carbocycles. The molecule has 4 aromatic rings. The number of H-pyrrole nitrogens is 2.